The van der Waals surface area contributed by atoms with E-state index in [1.165, 1.54) is 12.1 Å². The molecule has 2 saturated heterocycles. The Labute approximate surface area is 145 Å². The standard InChI is InChI=1S/C15H12N2O5S2/c18-10-4-2-1-3-9(10)7-11-13(20)17(15(22)24-11)6-5-16-12(19)8-23-14(16)21/h1-4,7,18H,5-6,8H2/b11-7+. The monoisotopic (exact) mass is 364 g/mol. The molecular weight excluding hydrogens is 352 g/mol. The number of rotatable bonds is 4. The minimum absolute atomic E-state index is 0.00737. The third-order valence-corrected chi connectivity index (χ3v) is 5.25. The van der Waals surface area contributed by atoms with E-state index in [0.717, 1.165) is 33.3 Å². The molecule has 0 radical (unpaired) electrons. The molecule has 9 heteroatoms. The highest BCUT2D eigenvalue weighted by Crippen LogP contribution is 2.33. The van der Waals surface area contributed by atoms with E-state index in [4.69, 9.17) is 0 Å². The molecule has 1 aromatic carbocycles. The zero-order chi connectivity index (χ0) is 17.3. The average molecular weight is 364 g/mol. The molecule has 0 atom stereocenters. The molecule has 1 N–H and O–H groups in total. The second-order valence-corrected chi connectivity index (χ2v) is 6.91. The number of carbonyl (C=O) groups excluding carboxylic acids is 4. The van der Waals surface area contributed by atoms with E-state index in [1.54, 1.807) is 18.2 Å². The average Bonchev–Trinajstić information content (AvgIpc) is 3.00. The normalized spacial score (nSPS) is 19.9. The van der Waals surface area contributed by atoms with Gasteiger partial charge in [0, 0.05) is 18.7 Å². The van der Waals surface area contributed by atoms with Gasteiger partial charge in [0.1, 0.15) is 5.75 Å². The summed E-state index contributed by atoms with van der Waals surface area (Å²) in [6, 6.07) is 6.47. The maximum atomic E-state index is 12.3. The highest BCUT2D eigenvalue weighted by atomic mass is 32.2. The maximum absolute atomic E-state index is 12.3. The van der Waals surface area contributed by atoms with Crippen LogP contribution in [0, 0.1) is 0 Å². The lowest BCUT2D eigenvalue weighted by Gasteiger charge is -2.17. The molecule has 2 fully saturated rings. The van der Waals surface area contributed by atoms with Crippen molar-refractivity contribution in [2.24, 2.45) is 0 Å². The van der Waals surface area contributed by atoms with E-state index in [9.17, 15) is 24.3 Å². The van der Waals surface area contributed by atoms with E-state index < -0.39 is 11.1 Å². The predicted molar refractivity (Wildman–Crippen MR) is 90.4 cm³/mol. The Morgan fingerprint density at radius 1 is 1.04 bits per heavy atom. The first-order chi connectivity index (χ1) is 11.5. The van der Waals surface area contributed by atoms with Crippen molar-refractivity contribution in [1.29, 1.82) is 0 Å². The number of imide groups is 2. The van der Waals surface area contributed by atoms with Gasteiger partial charge in [0.25, 0.3) is 16.4 Å². The Morgan fingerprint density at radius 3 is 2.42 bits per heavy atom. The zero-order valence-corrected chi connectivity index (χ0v) is 13.9. The highest BCUT2D eigenvalue weighted by Gasteiger charge is 2.37. The Hall–Kier alpha value is -2.26. The molecule has 124 valence electrons. The third kappa shape index (κ3) is 3.17. The molecular formula is C15H12N2O5S2. The van der Waals surface area contributed by atoms with Crippen LogP contribution < -0.4 is 0 Å². The van der Waals surface area contributed by atoms with Crippen LogP contribution in [0.25, 0.3) is 6.08 Å². The topological polar surface area (TPSA) is 95.0 Å². The van der Waals surface area contributed by atoms with Gasteiger partial charge in [0.15, 0.2) is 0 Å². The molecule has 24 heavy (non-hydrogen) atoms. The fourth-order valence-corrected chi connectivity index (χ4v) is 3.85. The summed E-state index contributed by atoms with van der Waals surface area (Å²) < 4.78 is 0. The van der Waals surface area contributed by atoms with Crippen LogP contribution in [-0.2, 0) is 9.59 Å². The van der Waals surface area contributed by atoms with Crippen LogP contribution in [0.15, 0.2) is 29.2 Å². The van der Waals surface area contributed by atoms with Crippen molar-refractivity contribution in [2.45, 2.75) is 0 Å². The lowest BCUT2D eigenvalue weighted by molar-refractivity contribution is -0.126. The van der Waals surface area contributed by atoms with Crippen molar-refractivity contribution in [3.63, 3.8) is 0 Å². The van der Waals surface area contributed by atoms with Crippen molar-refractivity contribution in [3.8, 4) is 5.75 Å². The summed E-state index contributed by atoms with van der Waals surface area (Å²) in [5.74, 6) is -0.718. The Balaban J connectivity index is 1.71. The number of hydrogen-bond donors (Lipinski definition) is 1. The van der Waals surface area contributed by atoms with Crippen LogP contribution in [0.5, 0.6) is 5.75 Å². The fraction of sp³-hybridized carbons (Fsp3) is 0.200. The van der Waals surface area contributed by atoms with Crippen LogP contribution in [0.2, 0.25) is 0 Å². The summed E-state index contributed by atoms with van der Waals surface area (Å²) in [7, 11) is 0. The number of benzene rings is 1. The number of amides is 4. The van der Waals surface area contributed by atoms with E-state index in [1.807, 2.05) is 0 Å². The Morgan fingerprint density at radius 2 is 1.75 bits per heavy atom. The third-order valence-electron chi connectivity index (χ3n) is 3.48. The van der Waals surface area contributed by atoms with Crippen molar-refractivity contribution in [1.82, 2.24) is 9.80 Å². The summed E-state index contributed by atoms with van der Waals surface area (Å²) in [5.41, 5.74) is 0.435. The van der Waals surface area contributed by atoms with Crippen molar-refractivity contribution >= 4 is 51.9 Å². The second kappa shape index (κ2) is 6.70. The molecule has 3 rings (SSSR count). The van der Waals surface area contributed by atoms with Gasteiger partial charge in [0.05, 0.1) is 10.7 Å². The van der Waals surface area contributed by atoms with Crippen molar-refractivity contribution in [2.75, 3.05) is 18.8 Å². The number of carbonyl (C=O) groups is 4. The molecule has 0 spiro atoms. The predicted octanol–water partition coefficient (Wildman–Crippen LogP) is 2.12. The maximum Gasteiger partial charge on any atom is 0.293 e. The van der Waals surface area contributed by atoms with Crippen molar-refractivity contribution in [3.05, 3.63) is 34.7 Å². The Kier molecular flexibility index (Phi) is 4.63. The number of thioether (sulfide) groups is 2. The minimum Gasteiger partial charge on any atom is -0.507 e. The molecule has 1 aromatic rings. The largest absolute Gasteiger partial charge is 0.507 e. The molecule has 2 aliphatic heterocycles. The summed E-state index contributed by atoms with van der Waals surface area (Å²) in [5, 5.41) is 8.92. The fourth-order valence-electron chi connectivity index (χ4n) is 2.24. The molecule has 2 heterocycles. The van der Waals surface area contributed by atoms with Crippen LogP contribution in [0.3, 0.4) is 0 Å². The molecule has 0 saturated carbocycles. The second-order valence-electron chi connectivity index (χ2n) is 4.99. The van der Waals surface area contributed by atoms with Gasteiger partial charge in [0.2, 0.25) is 5.91 Å². The SMILES string of the molecule is O=C1CSC(=O)N1CCN1C(=O)S/C(=C/c2ccccc2O)C1=O. The lowest BCUT2D eigenvalue weighted by atomic mass is 10.2. The van der Waals surface area contributed by atoms with Crippen LogP contribution in [0.1, 0.15) is 5.56 Å². The molecule has 0 bridgehead atoms. The van der Waals surface area contributed by atoms with Gasteiger partial charge in [-0.05, 0) is 23.9 Å². The van der Waals surface area contributed by atoms with Crippen LogP contribution in [0.4, 0.5) is 9.59 Å². The smallest absolute Gasteiger partial charge is 0.293 e. The number of phenolic OH excluding ortho intramolecular Hbond substituents is 1. The summed E-state index contributed by atoms with van der Waals surface area (Å²) >= 11 is 1.67. The van der Waals surface area contributed by atoms with Gasteiger partial charge >= 0.3 is 0 Å². The van der Waals surface area contributed by atoms with Gasteiger partial charge in [-0.25, -0.2) is 0 Å². The van der Waals surface area contributed by atoms with Crippen LogP contribution in [-0.4, -0.2) is 56.0 Å². The van der Waals surface area contributed by atoms with Gasteiger partial charge in [-0.1, -0.05) is 30.0 Å². The van der Waals surface area contributed by atoms with Crippen molar-refractivity contribution < 1.29 is 24.3 Å². The number of nitrogens with zero attached hydrogens (tertiary/aromatic N) is 2. The molecule has 4 amide bonds. The summed E-state index contributed by atoms with van der Waals surface area (Å²) in [4.78, 5) is 49.7. The molecule has 7 nitrogen and oxygen atoms in total. The molecule has 0 aliphatic carbocycles. The first kappa shape index (κ1) is 16.6. The van der Waals surface area contributed by atoms with E-state index in [-0.39, 0.29) is 40.6 Å². The van der Waals surface area contributed by atoms with E-state index >= 15 is 0 Å². The first-order valence-corrected chi connectivity index (χ1v) is 8.78. The number of hydrogen-bond acceptors (Lipinski definition) is 7. The lowest BCUT2D eigenvalue weighted by Crippen LogP contribution is -2.39. The minimum atomic E-state index is -0.500. The summed E-state index contributed by atoms with van der Waals surface area (Å²) in [6.07, 6.45) is 1.45. The van der Waals surface area contributed by atoms with E-state index in [0.29, 0.717) is 5.56 Å². The van der Waals surface area contributed by atoms with Gasteiger partial charge in [-0.15, -0.1) is 0 Å². The zero-order valence-electron chi connectivity index (χ0n) is 12.3. The number of para-hydroxylation sites is 1. The number of aromatic hydroxyl groups is 1. The Bertz CT molecular complexity index is 761. The van der Waals surface area contributed by atoms with Crippen LogP contribution >= 0.6 is 23.5 Å². The molecule has 2 aliphatic rings. The highest BCUT2D eigenvalue weighted by molar-refractivity contribution is 8.18. The van der Waals surface area contributed by atoms with Gasteiger partial charge in [-0.2, -0.15) is 0 Å². The van der Waals surface area contributed by atoms with Gasteiger partial charge < -0.3 is 5.11 Å². The number of phenols is 1. The summed E-state index contributed by atoms with van der Waals surface area (Å²) in [6.45, 7) is -0.0482. The molecule has 0 unspecified atom stereocenters. The van der Waals surface area contributed by atoms with Gasteiger partial charge in [-0.3, -0.25) is 29.0 Å². The quantitative estimate of drug-likeness (QED) is 0.818. The molecule has 0 aromatic heterocycles. The first-order valence-electron chi connectivity index (χ1n) is 6.98. The van der Waals surface area contributed by atoms with E-state index in [2.05, 4.69) is 0 Å².